The van der Waals surface area contributed by atoms with Crippen molar-refractivity contribution in [2.24, 2.45) is 0 Å². The van der Waals surface area contributed by atoms with Gasteiger partial charge in [0.25, 0.3) is 0 Å². The van der Waals surface area contributed by atoms with Gasteiger partial charge in [0.15, 0.2) is 0 Å². The second-order valence-electron chi connectivity index (χ2n) is 4.39. The fourth-order valence-corrected chi connectivity index (χ4v) is 2.29. The first-order chi connectivity index (χ1) is 8.72. The zero-order valence-corrected chi connectivity index (χ0v) is 10.8. The van der Waals surface area contributed by atoms with Crippen molar-refractivity contribution in [2.45, 2.75) is 32.3 Å². The third-order valence-electron chi connectivity index (χ3n) is 3.17. The van der Waals surface area contributed by atoms with Gasteiger partial charge in [0.05, 0.1) is 6.61 Å². The highest BCUT2D eigenvalue weighted by Gasteiger charge is 2.29. The Labute approximate surface area is 107 Å². The van der Waals surface area contributed by atoms with Gasteiger partial charge in [-0.15, -0.1) is 0 Å². The number of hydrogen-bond acceptors (Lipinski definition) is 3. The lowest BCUT2D eigenvalue weighted by atomic mass is 9.92. The van der Waals surface area contributed by atoms with E-state index in [9.17, 15) is 4.79 Å². The van der Waals surface area contributed by atoms with Gasteiger partial charge in [0.1, 0.15) is 6.10 Å². The van der Waals surface area contributed by atoms with Crippen molar-refractivity contribution in [3.8, 4) is 0 Å². The molecule has 0 aromatic heterocycles. The van der Waals surface area contributed by atoms with Crippen LogP contribution in [0, 0.1) is 6.92 Å². The standard InChI is InChI=1S/C15H18O3/c1-3-17-15(16)18-14-10-6-9-13(14)12-8-5-4-7-11(12)2/h4-9,13-14H,3,10H2,1-2H3/t13-,14+/m0/s1. The van der Waals surface area contributed by atoms with E-state index in [1.807, 2.05) is 12.1 Å². The van der Waals surface area contributed by atoms with E-state index < -0.39 is 6.16 Å². The molecule has 0 radical (unpaired) electrons. The van der Waals surface area contributed by atoms with Crippen LogP contribution in [0.1, 0.15) is 30.4 Å². The average Bonchev–Trinajstić information content (AvgIpc) is 2.78. The van der Waals surface area contributed by atoms with Gasteiger partial charge in [-0.1, -0.05) is 36.4 Å². The predicted octanol–water partition coefficient (Wildman–Crippen LogP) is 3.58. The lowest BCUT2D eigenvalue weighted by Gasteiger charge is -2.21. The van der Waals surface area contributed by atoms with Crippen molar-refractivity contribution < 1.29 is 14.3 Å². The van der Waals surface area contributed by atoms with Crippen LogP contribution in [0.2, 0.25) is 0 Å². The summed E-state index contributed by atoms with van der Waals surface area (Å²) >= 11 is 0. The van der Waals surface area contributed by atoms with Crippen LogP contribution in [0.5, 0.6) is 0 Å². The molecule has 0 aliphatic heterocycles. The Hall–Kier alpha value is -1.77. The number of carbonyl (C=O) groups is 1. The maximum Gasteiger partial charge on any atom is 0.508 e. The molecule has 3 heteroatoms. The van der Waals surface area contributed by atoms with E-state index in [0.29, 0.717) is 6.61 Å². The number of hydrogen-bond donors (Lipinski definition) is 0. The monoisotopic (exact) mass is 246 g/mol. The molecule has 0 saturated carbocycles. The highest BCUT2D eigenvalue weighted by atomic mass is 16.7. The summed E-state index contributed by atoms with van der Waals surface area (Å²) in [6.45, 7) is 4.18. The van der Waals surface area contributed by atoms with E-state index in [1.165, 1.54) is 11.1 Å². The molecule has 1 aromatic rings. The predicted molar refractivity (Wildman–Crippen MR) is 69.6 cm³/mol. The van der Waals surface area contributed by atoms with E-state index in [0.717, 1.165) is 6.42 Å². The molecular weight excluding hydrogens is 228 g/mol. The normalized spacial score (nSPS) is 21.9. The number of benzene rings is 1. The second kappa shape index (κ2) is 5.71. The molecule has 1 aromatic carbocycles. The van der Waals surface area contributed by atoms with Crippen LogP contribution in [0.4, 0.5) is 4.79 Å². The summed E-state index contributed by atoms with van der Waals surface area (Å²) in [6.07, 6.45) is 4.18. The third-order valence-corrected chi connectivity index (χ3v) is 3.17. The second-order valence-corrected chi connectivity index (χ2v) is 4.39. The Kier molecular flexibility index (Phi) is 4.03. The minimum atomic E-state index is -0.579. The Morgan fingerprint density at radius 3 is 2.89 bits per heavy atom. The molecule has 1 aliphatic rings. The largest absolute Gasteiger partial charge is 0.508 e. The first-order valence-corrected chi connectivity index (χ1v) is 6.28. The first-order valence-electron chi connectivity index (χ1n) is 6.28. The fourth-order valence-electron chi connectivity index (χ4n) is 2.29. The molecule has 2 atom stereocenters. The van der Waals surface area contributed by atoms with Crippen molar-refractivity contribution >= 4 is 6.16 Å². The number of carbonyl (C=O) groups excluding carboxylic acids is 1. The summed E-state index contributed by atoms with van der Waals surface area (Å²) in [6, 6.07) is 8.18. The quantitative estimate of drug-likeness (QED) is 0.604. The highest BCUT2D eigenvalue weighted by Crippen LogP contribution is 2.33. The van der Waals surface area contributed by atoms with Gasteiger partial charge in [-0.2, -0.15) is 0 Å². The summed E-state index contributed by atoms with van der Waals surface area (Å²) in [5.74, 6) is 0.135. The molecule has 0 saturated heterocycles. The maximum atomic E-state index is 11.4. The molecule has 0 heterocycles. The van der Waals surface area contributed by atoms with Gasteiger partial charge in [0.2, 0.25) is 0 Å². The van der Waals surface area contributed by atoms with E-state index >= 15 is 0 Å². The molecule has 96 valence electrons. The lowest BCUT2D eigenvalue weighted by molar-refractivity contribution is 0.0253. The Morgan fingerprint density at radius 1 is 1.39 bits per heavy atom. The van der Waals surface area contributed by atoms with Crippen LogP contribution in [-0.4, -0.2) is 18.9 Å². The van der Waals surface area contributed by atoms with Crippen molar-refractivity contribution in [3.05, 3.63) is 47.5 Å². The van der Waals surface area contributed by atoms with Crippen LogP contribution >= 0.6 is 0 Å². The van der Waals surface area contributed by atoms with Gasteiger partial charge in [-0.25, -0.2) is 4.79 Å². The van der Waals surface area contributed by atoms with Gasteiger partial charge >= 0.3 is 6.16 Å². The van der Waals surface area contributed by atoms with Crippen LogP contribution < -0.4 is 0 Å². The Balaban J connectivity index is 2.10. The maximum absolute atomic E-state index is 11.4. The zero-order valence-electron chi connectivity index (χ0n) is 10.8. The van der Waals surface area contributed by atoms with Crippen molar-refractivity contribution in [3.63, 3.8) is 0 Å². The van der Waals surface area contributed by atoms with Gasteiger partial charge in [-0.3, -0.25) is 0 Å². The van der Waals surface area contributed by atoms with E-state index in [1.54, 1.807) is 6.92 Å². The van der Waals surface area contributed by atoms with E-state index in [-0.39, 0.29) is 12.0 Å². The summed E-state index contributed by atoms with van der Waals surface area (Å²) in [5.41, 5.74) is 2.42. The average molecular weight is 246 g/mol. The molecule has 0 bridgehead atoms. The van der Waals surface area contributed by atoms with Crippen molar-refractivity contribution in [1.82, 2.24) is 0 Å². The number of ether oxygens (including phenoxy) is 2. The van der Waals surface area contributed by atoms with E-state index in [2.05, 4.69) is 31.2 Å². The van der Waals surface area contributed by atoms with Crippen LogP contribution in [0.3, 0.4) is 0 Å². The van der Waals surface area contributed by atoms with E-state index in [4.69, 9.17) is 9.47 Å². The number of rotatable bonds is 3. The van der Waals surface area contributed by atoms with Crippen LogP contribution in [0.15, 0.2) is 36.4 Å². The van der Waals surface area contributed by atoms with Crippen LogP contribution in [0.25, 0.3) is 0 Å². The molecule has 0 amide bonds. The molecule has 1 aliphatic carbocycles. The summed E-state index contributed by atoms with van der Waals surface area (Å²) in [4.78, 5) is 11.4. The summed E-state index contributed by atoms with van der Waals surface area (Å²) in [7, 11) is 0. The summed E-state index contributed by atoms with van der Waals surface area (Å²) in [5, 5.41) is 0. The van der Waals surface area contributed by atoms with Crippen molar-refractivity contribution in [2.75, 3.05) is 6.61 Å². The molecule has 3 nitrogen and oxygen atoms in total. The van der Waals surface area contributed by atoms with Gasteiger partial charge in [-0.05, 0) is 25.0 Å². The topological polar surface area (TPSA) is 35.5 Å². The SMILES string of the molecule is CCOC(=O)O[C@@H]1CC=C[C@H]1c1ccccc1C. The molecule has 0 unspecified atom stereocenters. The Bertz CT molecular complexity index is 451. The van der Waals surface area contributed by atoms with Gasteiger partial charge in [0, 0.05) is 12.3 Å². The number of aryl methyl sites for hydroxylation is 1. The lowest BCUT2D eigenvalue weighted by Crippen LogP contribution is -2.22. The smallest absolute Gasteiger partial charge is 0.435 e. The molecule has 18 heavy (non-hydrogen) atoms. The molecule has 0 N–H and O–H groups in total. The minimum absolute atomic E-state index is 0.135. The molecule has 0 spiro atoms. The molecular formula is C15H18O3. The molecule has 0 fully saturated rings. The molecule has 2 rings (SSSR count). The Morgan fingerprint density at radius 2 is 2.17 bits per heavy atom. The zero-order chi connectivity index (χ0) is 13.0. The first kappa shape index (κ1) is 12.7. The fraction of sp³-hybridized carbons (Fsp3) is 0.400. The van der Waals surface area contributed by atoms with Crippen molar-refractivity contribution in [1.29, 1.82) is 0 Å². The highest BCUT2D eigenvalue weighted by molar-refractivity contribution is 5.60. The van der Waals surface area contributed by atoms with Gasteiger partial charge < -0.3 is 9.47 Å². The summed E-state index contributed by atoms with van der Waals surface area (Å²) < 4.78 is 10.2. The minimum Gasteiger partial charge on any atom is -0.435 e. The van der Waals surface area contributed by atoms with Crippen LogP contribution in [-0.2, 0) is 9.47 Å². The third kappa shape index (κ3) is 2.73.